The predicted molar refractivity (Wildman–Crippen MR) is 101 cm³/mol. The topological polar surface area (TPSA) is 91.0 Å². The number of esters is 1. The Morgan fingerprint density at radius 1 is 1.28 bits per heavy atom. The van der Waals surface area contributed by atoms with Crippen LogP contribution in [-0.4, -0.2) is 37.5 Å². The SMILES string of the molecule is CCn1cc(NC(=O)[C@@H](C)n2nc(C(F)(F)F)c(Br)c2C)c(C(=O)OC(C)C)n1. The van der Waals surface area contributed by atoms with E-state index in [9.17, 15) is 22.8 Å². The van der Waals surface area contributed by atoms with Crippen molar-refractivity contribution in [1.29, 1.82) is 0 Å². The van der Waals surface area contributed by atoms with E-state index in [2.05, 4.69) is 31.4 Å². The minimum Gasteiger partial charge on any atom is -0.458 e. The molecule has 0 aromatic carbocycles. The molecule has 0 aliphatic rings. The monoisotopic (exact) mass is 479 g/mol. The first-order valence-electron chi connectivity index (χ1n) is 8.77. The fourth-order valence-electron chi connectivity index (χ4n) is 2.50. The standard InChI is InChI=1S/C17H21BrF3N5O3/c1-6-25-7-11(13(23-25)16(28)29-8(2)3)22-15(27)10(5)26-9(4)12(18)14(24-26)17(19,20)21/h7-8,10H,6H2,1-5H3,(H,22,27)/t10-/m1/s1. The Morgan fingerprint density at radius 2 is 1.90 bits per heavy atom. The van der Waals surface area contributed by atoms with Gasteiger partial charge in [0.25, 0.3) is 0 Å². The van der Waals surface area contributed by atoms with Crippen molar-refractivity contribution in [2.45, 2.75) is 59.5 Å². The minimum atomic E-state index is -4.67. The van der Waals surface area contributed by atoms with Crippen molar-refractivity contribution in [2.75, 3.05) is 5.32 Å². The average Bonchev–Trinajstić information content (AvgIpc) is 3.15. The van der Waals surface area contributed by atoms with Crippen molar-refractivity contribution in [3.8, 4) is 0 Å². The van der Waals surface area contributed by atoms with E-state index in [0.29, 0.717) is 6.54 Å². The number of carbonyl (C=O) groups is 2. The highest BCUT2D eigenvalue weighted by Gasteiger charge is 2.39. The normalized spacial score (nSPS) is 12.9. The molecule has 0 spiro atoms. The van der Waals surface area contributed by atoms with Gasteiger partial charge in [0.15, 0.2) is 11.4 Å². The van der Waals surface area contributed by atoms with Crippen LogP contribution in [0.25, 0.3) is 0 Å². The van der Waals surface area contributed by atoms with Crippen LogP contribution in [0.2, 0.25) is 0 Å². The number of amides is 1. The molecular formula is C17H21BrF3N5O3. The number of aryl methyl sites for hydroxylation is 1. The van der Waals surface area contributed by atoms with E-state index in [1.54, 1.807) is 20.8 Å². The molecule has 29 heavy (non-hydrogen) atoms. The zero-order chi connectivity index (χ0) is 22.1. The number of ether oxygens (including phenoxy) is 1. The van der Waals surface area contributed by atoms with E-state index in [4.69, 9.17) is 4.74 Å². The van der Waals surface area contributed by atoms with Crippen LogP contribution in [0.1, 0.15) is 55.6 Å². The van der Waals surface area contributed by atoms with Gasteiger partial charge in [0.05, 0.1) is 22.0 Å². The maximum atomic E-state index is 13.1. The second kappa shape index (κ2) is 8.56. The molecule has 0 fully saturated rings. The first kappa shape index (κ1) is 22.9. The van der Waals surface area contributed by atoms with Crippen molar-refractivity contribution in [1.82, 2.24) is 19.6 Å². The number of nitrogens with zero attached hydrogens (tertiary/aromatic N) is 4. The third kappa shape index (κ3) is 4.98. The molecule has 2 aromatic rings. The molecule has 0 bridgehead atoms. The van der Waals surface area contributed by atoms with Gasteiger partial charge in [-0.1, -0.05) is 0 Å². The molecule has 2 heterocycles. The van der Waals surface area contributed by atoms with Crippen molar-refractivity contribution in [2.24, 2.45) is 0 Å². The Balaban J connectivity index is 2.31. The van der Waals surface area contributed by atoms with Gasteiger partial charge < -0.3 is 10.1 Å². The van der Waals surface area contributed by atoms with Gasteiger partial charge in [0.2, 0.25) is 5.91 Å². The summed E-state index contributed by atoms with van der Waals surface area (Å²) in [6.45, 7) is 8.39. The summed E-state index contributed by atoms with van der Waals surface area (Å²) in [6, 6.07) is -1.08. The van der Waals surface area contributed by atoms with Crippen LogP contribution in [0.15, 0.2) is 10.7 Å². The van der Waals surface area contributed by atoms with Crippen LogP contribution in [0.5, 0.6) is 0 Å². The molecule has 1 atom stereocenters. The quantitative estimate of drug-likeness (QED) is 0.633. The fraction of sp³-hybridized carbons (Fsp3) is 0.529. The molecule has 0 saturated heterocycles. The average molecular weight is 480 g/mol. The van der Waals surface area contributed by atoms with Gasteiger partial charge in [-0.25, -0.2) is 4.79 Å². The Hall–Kier alpha value is -2.37. The maximum absolute atomic E-state index is 13.1. The molecule has 0 radical (unpaired) electrons. The van der Waals surface area contributed by atoms with Gasteiger partial charge in [-0.2, -0.15) is 23.4 Å². The third-order valence-electron chi connectivity index (χ3n) is 3.97. The Labute approximate surface area is 173 Å². The molecule has 0 saturated carbocycles. The third-order valence-corrected chi connectivity index (χ3v) is 4.92. The molecule has 1 N–H and O–H groups in total. The van der Waals surface area contributed by atoms with E-state index in [1.807, 2.05) is 0 Å². The number of nitrogens with one attached hydrogen (secondary N) is 1. The first-order valence-corrected chi connectivity index (χ1v) is 9.57. The highest BCUT2D eigenvalue weighted by Crippen LogP contribution is 2.36. The molecule has 160 valence electrons. The number of anilines is 1. The van der Waals surface area contributed by atoms with Crippen LogP contribution in [-0.2, 0) is 22.3 Å². The predicted octanol–water partition coefficient (Wildman–Crippen LogP) is 3.95. The Bertz CT molecular complexity index is 920. The lowest BCUT2D eigenvalue weighted by Crippen LogP contribution is -2.26. The van der Waals surface area contributed by atoms with E-state index in [-0.39, 0.29) is 27.7 Å². The summed E-state index contributed by atoms with van der Waals surface area (Å²) in [7, 11) is 0. The highest BCUT2D eigenvalue weighted by molar-refractivity contribution is 9.10. The lowest BCUT2D eigenvalue weighted by atomic mass is 10.2. The van der Waals surface area contributed by atoms with Gasteiger partial charge in [-0.3, -0.25) is 14.2 Å². The van der Waals surface area contributed by atoms with Crippen molar-refractivity contribution in [3.05, 3.63) is 27.8 Å². The zero-order valence-corrected chi connectivity index (χ0v) is 18.1. The van der Waals surface area contributed by atoms with Gasteiger partial charge in [-0.05, 0) is 50.5 Å². The molecule has 2 aromatic heterocycles. The molecule has 8 nitrogen and oxygen atoms in total. The number of carbonyl (C=O) groups excluding carboxylic acids is 2. The van der Waals surface area contributed by atoms with E-state index >= 15 is 0 Å². The Morgan fingerprint density at radius 3 is 2.38 bits per heavy atom. The van der Waals surface area contributed by atoms with Gasteiger partial charge >= 0.3 is 12.1 Å². The van der Waals surface area contributed by atoms with Gasteiger partial charge in [-0.15, -0.1) is 0 Å². The molecule has 0 unspecified atom stereocenters. The van der Waals surface area contributed by atoms with E-state index in [0.717, 1.165) is 4.68 Å². The van der Waals surface area contributed by atoms with Gasteiger partial charge in [0, 0.05) is 12.7 Å². The summed E-state index contributed by atoms with van der Waals surface area (Å²) < 4.78 is 46.5. The van der Waals surface area contributed by atoms with Crippen LogP contribution >= 0.6 is 15.9 Å². The second-order valence-electron chi connectivity index (χ2n) is 6.56. The van der Waals surface area contributed by atoms with E-state index < -0.39 is 29.8 Å². The van der Waals surface area contributed by atoms with Gasteiger partial charge in [0.1, 0.15) is 6.04 Å². The van der Waals surface area contributed by atoms with Crippen molar-refractivity contribution >= 4 is 33.5 Å². The molecule has 0 aliphatic carbocycles. The number of rotatable bonds is 6. The highest BCUT2D eigenvalue weighted by atomic mass is 79.9. The largest absolute Gasteiger partial charge is 0.458 e. The first-order chi connectivity index (χ1) is 13.4. The molecule has 1 amide bonds. The summed E-state index contributed by atoms with van der Waals surface area (Å²) in [6.07, 6.45) is -3.60. The van der Waals surface area contributed by atoms with Crippen molar-refractivity contribution < 1.29 is 27.5 Å². The summed E-state index contributed by atoms with van der Waals surface area (Å²) in [5, 5.41) is 10.1. The summed E-state index contributed by atoms with van der Waals surface area (Å²) in [5.41, 5.74) is -0.956. The number of hydrogen-bond donors (Lipinski definition) is 1. The summed E-state index contributed by atoms with van der Waals surface area (Å²) >= 11 is 2.88. The second-order valence-corrected chi connectivity index (χ2v) is 7.35. The van der Waals surface area contributed by atoms with Crippen LogP contribution in [0.4, 0.5) is 18.9 Å². The zero-order valence-electron chi connectivity index (χ0n) is 16.5. The number of aromatic nitrogens is 4. The van der Waals surface area contributed by atoms with Crippen LogP contribution < -0.4 is 5.32 Å². The van der Waals surface area contributed by atoms with E-state index in [1.165, 1.54) is 24.7 Å². The molecule has 12 heteroatoms. The summed E-state index contributed by atoms with van der Waals surface area (Å²) in [4.78, 5) is 24.9. The number of hydrogen-bond acceptors (Lipinski definition) is 5. The summed E-state index contributed by atoms with van der Waals surface area (Å²) in [5.74, 6) is -1.38. The van der Waals surface area contributed by atoms with Crippen LogP contribution in [0.3, 0.4) is 0 Å². The molecular weight excluding hydrogens is 459 g/mol. The number of alkyl halides is 3. The maximum Gasteiger partial charge on any atom is 0.436 e. The van der Waals surface area contributed by atoms with Crippen molar-refractivity contribution in [3.63, 3.8) is 0 Å². The lowest BCUT2D eigenvalue weighted by molar-refractivity contribution is -0.142. The number of halogens is 4. The smallest absolute Gasteiger partial charge is 0.436 e. The molecule has 0 aliphatic heterocycles. The fourth-order valence-corrected chi connectivity index (χ4v) is 2.99. The Kier molecular flexibility index (Phi) is 6.76. The molecule has 2 rings (SSSR count). The lowest BCUT2D eigenvalue weighted by Gasteiger charge is -2.14. The van der Waals surface area contributed by atoms with Crippen LogP contribution in [0, 0.1) is 6.92 Å². The minimum absolute atomic E-state index is 0.0875.